The fraction of sp³-hybridized carbons (Fsp3) is 0. The molecule has 1 heterocycles. The standard InChI is InChI=1S/C8H4N2/c1-3-7-5-8(4-2)10-6-9-7/h1-2,5-6H. The van der Waals surface area contributed by atoms with Crippen molar-refractivity contribution in [2.45, 2.75) is 0 Å². The van der Waals surface area contributed by atoms with E-state index in [2.05, 4.69) is 21.8 Å². The van der Waals surface area contributed by atoms with Crippen molar-refractivity contribution in [2.24, 2.45) is 0 Å². The van der Waals surface area contributed by atoms with E-state index in [4.69, 9.17) is 12.8 Å². The van der Waals surface area contributed by atoms with E-state index in [0.29, 0.717) is 11.4 Å². The van der Waals surface area contributed by atoms with Gasteiger partial charge in [-0.05, 0) is 0 Å². The third-order valence-electron chi connectivity index (χ3n) is 0.963. The zero-order valence-electron chi connectivity index (χ0n) is 5.20. The zero-order chi connectivity index (χ0) is 7.40. The molecule has 0 N–H and O–H groups in total. The molecule has 0 aliphatic heterocycles. The third-order valence-corrected chi connectivity index (χ3v) is 0.963. The van der Waals surface area contributed by atoms with E-state index in [9.17, 15) is 0 Å². The third kappa shape index (κ3) is 1.13. The van der Waals surface area contributed by atoms with Gasteiger partial charge in [0, 0.05) is 6.07 Å². The molecule has 0 radical (unpaired) electrons. The first kappa shape index (κ1) is 6.32. The van der Waals surface area contributed by atoms with E-state index in [1.165, 1.54) is 6.33 Å². The maximum atomic E-state index is 5.06. The number of rotatable bonds is 0. The fourth-order valence-electron chi connectivity index (χ4n) is 0.515. The lowest BCUT2D eigenvalue weighted by atomic mass is 10.3. The molecule has 0 unspecified atom stereocenters. The Hall–Kier alpha value is -1.80. The first-order chi connectivity index (χ1) is 4.86. The SMILES string of the molecule is C#Cc1cc(C#C)ncn1. The summed E-state index contributed by atoms with van der Waals surface area (Å²) in [6, 6.07) is 1.58. The smallest absolute Gasteiger partial charge is 0.118 e. The summed E-state index contributed by atoms with van der Waals surface area (Å²) in [5, 5.41) is 0. The van der Waals surface area contributed by atoms with Gasteiger partial charge in [-0.15, -0.1) is 12.8 Å². The van der Waals surface area contributed by atoms with Gasteiger partial charge in [0.15, 0.2) is 0 Å². The van der Waals surface area contributed by atoms with Crippen LogP contribution < -0.4 is 0 Å². The first-order valence-electron chi connectivity index (χ1n) is 2.62. The molecule has 0 bridgehead atoms. The number of hydrogen-bond acceptors (Lipinski definition) is 2. The Balaban J connectivity index is 3.17. The van der Waals surface area contributed by atoms with Crippen molar-refractivity contribution in [1.82, 2.24) is 9.97 Å². The van der Waals surface area contributed by atoms with Crippen LogP contribution in [0.3, 0.4) is 0 Å². The van der Waals surface area contributed by atoms with E-state index in [1.54, 1.807) is 6.07 Å². The molecule has 0 atom stereocenters. The molecule has 46 valence electrons. The summed E-state index contributed by atoms with van der Waals surface area (Å²) in [5.41, 5.74) is 1.03. The molecule has 1 aromatic heterocycles. The molecule has 0 amide bonds. The van der Waals surface area contributed by atoms with Crippen LogP contribution in [0, 0.1) is 24.7 Å². The van der Waals surface area contributed by atoms with E-state index in [-0.39, 0.29) is 0 Å². The molecule has 0 aromatic carbocycles. The highest BCUT2D eigenvalue weighted by atomic mass is 14.8. The highest BCUT2D eigenvalue weighted by molar-refractivity contribution is 5.31. The normalized spacial score (nSPS) is 7.80. The van der Waals surface area contributed by atoms with Gasteiger partial charge >= 0.3 is 0 Å². The van der Waals surface area contributed by atoms with Crippen molar-refractivity contribution in [3.8, 4) is 24.7 Å². The van der Waals surface area contributed by atoms with Crippen LogP contribution in [0.2, 0.25) is 0 Å². The minimum absolute atomic E-state index is 0.517. The van der Waals surface area contributed by atoms with Crippen LogP contribution in [0.25, 0.3) is 0 Å². The molecule has 0 aliphatic carbocycles. The van der Waals surface area contributed by atoms with Crippen molar-refractivity contribution >= 4 is 0 Å². The molecule has 0 spiro atoms. The number of terminal acetylenes is 2. The van der Waals surface area contributed by atoms with Gasteiger partial charge in [0.25, 0.3) is 0 Å². The van der Waals surface area contributed by atoms with Crippen molar-refractivity contribution in [1.29, 1.82) is 0 Å². The Labute approximate surface area is 59.3 Å². The summed E-state index contributed by atoms with van der Waals surface area (Å²) in [5.74, 6) is 4.71. The molecule has 2 nitrogen and oxygen atoms in total. The molecular formula is C8H4N2. The Bertz CT molecular complexity index is 286. The second-order valence-corrected chi connectivity index (χ2v) is 1.58. The zero-order valence-corrected chi connectivity index (χ0v) is 5.20. The van der Waals surface area contributed by atoms with Crippen LogP contribution in [0.15, 0.2) is 12.4 Å². The Kier molecular flexibility index (Phi) is 1.68. The average Bonchev–Trinajstić information content (AvgIpc) is 2.05. The highest BCUT2D eigenvalue weighted by Crippen LogP contribution is 1.92. The minimum Gasteiger partial charge on any atom is -0.228 e. The number of nitrogens with zero attached hydrogens (tertiary/aromatic N) is 2. The molecule has 1 aromatic rings. The second-order valence-electron chi connectivity index (χ2n) is 1.58. The van der Waals surface area contributed by atoms with Gasteiger partial charge in [-0.2, -0.15) is 0 Å². The van der Waals surface area contributed by atoms with E-state index < -0.39 is 0 Å². The van der Waals surface area contributed by atoms with Crippen LogP contribution in [-0.2, 0) is 0 Å². The molecule has 1 rings (SSSR count). The topological polar surface area (TPSA) is 25.8 Å². The summed E-state index contributed by atoms with van der Waals surface area (Å²) in [6.07, 6.45) is 11.5. The predicted molar refractivity (Wildman–Crippen MR) is 37.9 cm³/mol. The molecule has 0 saturated heterocycles. The molecule has 0 aliphatic rings. The molecular weight excluding hydrogens is 124 g/mol. The fourth-order valence-corrected chi connectivity index (χ4v) is 0.515. The Morgan fingerprint density at radius 2 is 1.60 bits per heavy atom. The van der Waals surface area contributed by atoms with Crippen LogP contribution in [0.5, 0.6) is 0 Å². The van der Waals surface area contributed by atoms with Crippen LogP contribution in [0.4, 0.5) is 0 Å². The van der Waals surface area contributed by atoms with Crippen LogP contribution >= 0.6 is 0 Å². The summed E-state index contributed by atoms with van der Waals surface area (Å²) < 4.78 is 0. The first-order valence-corrected chi connectivity index (χ1v) is 2.62. The molecule has 0 fully saturated rings. The van der Waals surface area contributed by atoms with Crippen molar-refractivity contribution in [2.75, 3.05) is 0 Å². The van der Waals surface area contributed by atoms with E-state index in [1.807, 2.05) is 0 Å². The van der Waals surface area contributed by atoms with E-state index >= 15 is 0 Å². The van der Waals surface area contributed by atoms with Gasteiger partial charge < -0.3 is 0 Å². The lowest BCUT2D eigenvalue weighted by molar-refractivity contribution is 1.13. The van der Waals surface area contributed by atoms with Crippen molar-refractivity contribution in [3.63, 3.8) is 0 Å². The average molecular weight is 128 g/mol. The van der Waals surface area contributed by atoms with Crippen LogP contribution in [-0.4, -0.2) is 9.97 Å². The van der Waals surface area contributed by atoms with Gasteiger partial charge in [-0.25, -0.2) is 9.97 Å². The van der Waals surface area contributed by atoms with Gasteiger partial charge in [-0.1, -0.05) is 11.8 Å². The Morgan fingerprint density at radius 1 is 1.10 bits per heavy atom. The maximum Gasteiger partial charge on any atom is 0.118 e. The van der Waals surface area contributed by atoms with Gasteiger partial charge in [0.2, 0.25) is 0 Å². The number of hydrogen-bond donors (Lipinski definition) is 0. The lowest BCUT2D eigenvalue weighted by Gasteiger charge is -1.88. The monoisotopic (exact) mass is 128 g/mol. The van der Waals surface area contributed by atoms with E-state index in [0.717, 1.165) is 0 Å². The molecule has 2 heteroatoms. The maximum absolute atomic E-state index is 5.06. The lowest BCUT2D eigenvalue weighted by Crippen LogP contribution is -1.87. The summed E-state index contributed by atoms with van der Waals surface area (Å²) in [6.45, 7) is 0. The van der Waals surface area contributed by atoms with Crippen molar-refractivity contribution < 1.29 is 0 Å². The Morgan fingerprint density at radius 3 is 2.00 bits per heavy atom. The van der Waals surface area contributed by atoms with Crippen molar-refractivity contribution in [3.05, 3.63) is 23.8 Å². The van der Waals surface area contributed by atoms with Gasteiger partial charge in [0.05, 0.1) is 0 Å². The summed E-state index contributed by atoms with van der Waals surface area (Å²) in [7, 11) is 0. The van der Waals surface area contributed by atoms with Gasteiger partial charge in [-0.3, -0.25) is 0 Å². The predicted octanol–water partition coefficient (Wildman–Crippen LogP) is 0.439. The second kappa shape index (κ2) is 2.66. The highest BCUT2D eigenvalue weighted by Gasteiger charge is 1.89. The number of aromatic nitrogens is 2. The molecule has 10 heavy (non-hydrogen) atoms. The minimum atomic E-state index is 0.517. The quantitative estimate of drug-likeness (QED) is 0.474. The largest absolute Gasteiger partial charge is 0.228 e. The summed E-state index contributed by atoms with van der Waals surface area (Å²) >= 11 is 0. The summed E-state index contributed by atoms with van der Waals surface area (Å²) in [4.78, 5) is 7.53. The molecule has 0 saturated carbocycles. The van der Waals surface area contributed by atoms with Crippen LogP contribution in [0.1, 0.15) is 11.4 Å². The van der Waals surface area contributed by atoms with Gasteiger partial charge in [0.1, 0.15) is 17.7 Å².